The van der Waals surface area contributed by atoms with Crippen LogP contribution in [0.25, 0.3) is 11.1 Å². The van der Waals surface area contributed by atoms with Crippen molar-refractivity contribution in [3.05, 3.63) is 78.1 Å². The van der Waals surface area contributed by atoms with E-state index in [9.17, 15) is 13.2 Å². The van der Waals surface area contributed by atoms with Gasteiger partial charge in [0, 0.05) is 30.1 Å². The summed E-state index contributed by atoms with van der Waals surface area (Å²) in [6, 6.07) is 14.8. The zero-order valence-electron chi connectivity index (χ0n) is 15.0. The molecule has 3 rings (SSSR count). The minimum Gasteiger partial charge on any atom is -0.496 e. The van der Waals surface area contributed by atoms with Gasteiger partial charge in [0.25, 0.3) is 0 Å². The number of benzene rings is 2. The maximum atomic E-state index is 12.6. The first-order valence-electron chi connectivity index (χ1n) is 8.31. The summed E-state index contributed by atoms with van der Waals surface area (Å²) in [6.45, 7) is 0.0959. The molecule has 0 spiro atoms. The number of ether oxygens (including phenoxy) is 1. The van der Waals surface area contributed by atoms with Crippen LogP contribution in [0.2, 0.25) is 0 Å². The van der Waals surface area contributed by atoms with Gasteiger partial charge < -0.3 is 9.84 Å². The number of carboxylic acid groups (broad SMARTS) is 1. The van der Waals surface area contributed by atoms with Crippen molar-refractivity contribution in [2.45, 2.75) is 11.4 Å². The molecule has 1 heterocycles. The van der Waals surface area contributed by atoms with Crippen LogP contribution in [0.5, 0.6) is 5.75 Å². The third-order valence-electron chi connectivity index (χ3n) is 4.13. The number of nitrogens with one attached hydrogen (secondary N) is 1. The SMILES string of the molecule is COc1ccccc1CNS(=O)(=O)c1ccc(-c2cncc(C(=O)O)c2)cc1. The summed E-state index contributed by atoms with van der Waals surface area (Å²) in [7, 11) is -2.19. The molecule has 1 aromatic heterocycles. The second kappa shape index (κ2) is 8.20. The Morgan fingerprint density at radius 2 is 1.79 bits per heavy atom. The standard InChI is InChI=1S/C20H18N2O5S/c1-27-19-5-3-2-4-15(19)13-22-28(25,26)18-8-6-14(7-9-18)16-10-17(20(23)24)12-21-11-16/h2-12,22H,13H2,1H3,(H,23,24). The fourth-order valence-electron chi connectivity index (χ4n) is 2.65. The first kappa shape index (κ1) is 19.5. The normalized spacial score (nSPS) is 11.2. The van der Waals surface area contributed by atoms with Gasteiger partial charge >= 0.3 is 5.97 Å². The summed E-state index contributed by atoms with van der Waals surface area (Å²) in [6.07, 6.45) is 2.78. The van der Waals surface area contributed by atoms with Gasteiger partial charge in [-0.3, -0.25) is 4.98 Å². The zero-order chi connectivity index (χ0) is 20.1. The Kier molecular flexibility index (Phi) is 5.72. The van der Waals surface area contributed by atoms with E-state index in [4.69, 9.17) is 9.84 Å². The number of hydrogen-bond donors (Lipinski definition) is 2. The molecule has 0 saturated heterocycles. The number of methoxy groups -OCH3 is 1. The van der Waals surface area contributed by atoms with E-state index in [1.54, 1.807) is 30.3 Å². The quantitative estimate of drug-likeness (QED) is 0.634. The Morgan fingerprint density at radius 1 is 1.07 bits per heavy atom. The zero-order valence-corrected chi connectivity index (χ0v) is 15.8. The van der Waals surface area contributed by atoms with Gasteiger partial charge in [-0.05, 0) is 29.8 Å². The largest absolute Gasteiger partial charge is 0.496 e. The maximum Gasteiger partial charge on any atom is 0.337 e. The van der Waals surface area contributed by atoms with E-state index in [0.29, 0.717) is 16.9 Å². The fourth-order valence-corrected chi connectivity index (χ4v) is 3.65. The summed E-state index contributed by atoms with van der Waals surface area (Å²) in [5.41, 5.74) is 2.04. The van der Waals surface area contributed by atoms with Gasteiger partial charge in [-0.25, -0.2) is 17.9 Å². The molecule has 0 radical (unpaired) electrons. The minimum absolute atomic E-state index is 0.0627. The number of para-hydroxylation sites is 1. The molecule has 0 atom stereocenters. The van der Waals surface area contributed by atoms with Crippen molar-refractivity contribution in [2.75, 3.05) is 7.11 Å². The average molecular weight is 398 g/mol. The molecule has 28 heavy (non-hydrogen) atoms. The van der Waals surface area contributed by atoms with Gasteiger partial charge in [0.2, 0.25) is 10.0 Å². The molecule has 0 fully saturated rings. The summed E-state index contributed by atoms with van der Waals surface area (Å²) >= 11 is 0. The number of rotatable bonds is 7. The van der Waals surface area contributed by atoms with E-state index in [1.807, 2.05) is 6.07 Å². The first-order valence-corrected chi connectivity index (χ1v) is 9.79. The first-order chi connectivity index (χ1) is 13.4. The molecule has 0 aliphatic carbocycles. The topological polar surface area (TPSA) is 106 Å². The molecule has 0 unspecified atom stereocenters. The molecule has 0 aliphatic rings. The van der Waals surface area contributed by atoms with Crippen LogP contribution in [-0.2, 0) is 16.6 Å². The second-order valence-electron chi connectivity index (χ2n) is 5.93. The third-order valence-corrected chi connectivity index (χ3v) is 5.55. The number of sulfonamides is 1. The Labute approximate surface area is 162 Å². The van der Waals surface area contributed by atoms with Crippen LogP contribution in [0.15, 0.2) is 71.9 Å². The monoisotopic (exact) mass is 398 g/mol. The highest BCUT2D eigenvalue weighted by Gasteiger charge is 2.15. The Morgan fingerprint density at radius 3 is 2.46 bits per heavy atom. The van der Waals surface area contributed by atoms with Crippen molar-refractivity contribution in [3.8, 4) is 16.9 Å². The lowest BCUT2D eigenvalue weighted by atomic mass is 10.1. The highest BCUT2D eigenvalue weighted by atomic mass is 32.2. The van der Waals surface area contributed by atoms with Crippen LogP contribution in [0.1, 0.15) is 15.9 Å². The van der Waals surface area contributed by atoms with Crippen LogP contribution in [0.4, 0.5) is 0 Å². The minimum atomic E-state index is -3.72. The lowest BCUT2D eigenvalue weighted by molar-refractivity contribution is 0.0696. The van der Waals surface area contributed by atoms with Crippen LogP contribution >= 0.6 is 0 Å². The van der Waals surface area contributed by atoms with Gasteiger partial charge in [-0.15, -0.1) is 0 Å². The average Bonchev–Trinajstić information content (AvgIpc) is 2.72. The van der Waals surface area contributed by atoms with Gasteiger partial charge in [0.05, 0.1) is 17.6 Å². The molecular formula is C20H18N2O5S. The Hall–Kier alpha value is -3.23. The van der Waals surface area contributed by atoms with E-state index in [0.717, 1.165) is 5.56 Å². The van der Waals surface area contributed by atoms with Crippen molar-refractivity contribution in [1.82, 2.24) is 9.71 Å². The van der Waals surface area contributed by atoms with Crippen molar-refractivity contribution in [2.24, 2.45) is 0 Å². The molecule has 0 saturated carbocycles. The molecule has 7 nitrogen and oxygen atoms in total. The second-order valence-corrected chi connectivity index (χ2v) is 7.70. The van der Waals surface area contributed by atoms with Gasteiger partial charge in [0.1, 0.15) is 5.75 Å². The van der Waals surface area contributed by atoms with E-state index in [-0.39, 0.29) is 17.0 Å². The molecule has 2 aromatic carbocycles. The molecule has 0 amide bonds. The van der Waals surface area contributed by atoms with E-state index in [2.05, 4.69) is 9.71 Å². The lowest BCUT2D eigenvalue weighted by Gasteiger charge is -2.11. The number of aromatic nitrogens is 1. The molecule has 2 N–H and O–H groups in total. The number of nitrogens with zero attached hydrogens (tertiary/aromatic N) is 1. The number of carboxylic acids is 1. The summed E-state index contributed by atoms with van der Waals surface area (Å²) in [5, 5.41) is 9.06. The molecule has 3 aromatic rings. The molecule has 0 bridgehead atoms. The summed E-state index contributed by atoms with van der Waals surface area (Å²) < 4.78 is 32.9. The number of aromatic carboxylic acids is 1. The molecule has 8 heteroatoms. The highest BCUT2D eigenvalue weighted by Crippen LogP contribution is 2.22. The summed E-state index contributed by atoms with van der Waals surface area (Å²) in [5.74, 6) is -0.472. The summed E-state index contributed by atoms with van der Waals surface area (Å²) in [4.78, 5) is 15.1. The third kappa shape index (κ3) is 4.36. The van der Waals surface area contributed by atoms with E-state index >= 15 is 0 Å². The van der Waals surface area contributed by atoms with Crippen molar-refractivity contribution >= 4 is 16.0 Å². The van der Waals surface area contributed by atoms with E-state index in [1.165, 1.54) is 37.7 Å². The molecular weight excluding hydrogens is 380 g/mol. The molecule has 0 aliphatic heterocycles. The Balaban J connectivity index is 1.78. The lowest BCUT2D eigenvalue weighted by Crippen LogP contribution is -2.23. The van der Waals surface area contributed by atoms with Crippen LogP contribution in [0.3, 0.4) is 0 Å². The van der Waals surface area contributed by atoms with Crippen LogP contribution in [-0.4, -0.2) is 31.6 Å². The highest BCUT2D eigenvalue weighted by molar-refractivity contribution is 7.89. The number of pyridine rings is 1. The van der Waals surface area contributed by atoms with Crippen LogP contribution < -0.4 is 9.46 Å². The Bertz CT molecular complexity index is 1100. The van der Waals surface area contributed by atoms with Gasteiger partial charge in [-0.1, -0.05) is 30.3 Å². The van der Waals surface area contributed by atoms with Gasteiger partial charge in [-0.2, -0.15) is 0 Å². The van der Waals surface area contributed by atoms with Crippen molar-refractivity contribution in [3.63, 3.8) is 0 Å². The predicted octanol–water partition coefficient (Wildman–Crippen LogP) is 2.93. The molecule has 144 valence electrons. The maximum absolute atomic E-state index is 12.6. The van der Waals surface area contributed by atoms with Gasteiger partial charge in [0.15, 0.2) is 0 Å². The predicted molar refractivity (Wildman–Crippen MR) is 104 cm³/mol. The van der Waals surface area contributed by atoms with Crippen LogP contribution in [0, 0.1) is 0 Å². The number of carbonyl (C=O) groups is 1. The van der Waals surface area contributed by atoms with Crippen molar-refractivity contribution < 1.29 is 23.1 Å². The smallest absolute Gasteiger partial charge is 0.337 e. The fraction of sp³-hybridized carbons (Fsp3) is 0.100. The number of hydrogen-bond acceptors (Lipinski definition) is 5. The van der Waals surface area contributed by atoms with Crippen molar-refractivity contribution in [1.29, 1.82) is 0 Å². The van der Waals surface area contributed by atoms with E-state index < -0.39 is 16.0 Å².